The molecular formula is C12H22O2. The van der Waals surface area contributed by atoms with E-state index in [-0.39, 0.29) is 23.5 Å². The van der Waals surface area contributed by atoms with Gasteiger partial charge in [0.05, 0.1) is 12.7 Å². The van der Waals surface area contributed by atoms with Gasteiger partial charge in [-0.05, 0) is 23.7 Å². The van der Waals surface area contributed by atoms with Gasteiger partial charge in [-0.1, -0.05) is 39.3 Å². The first-order valence-corrected chi connectivity index (χ1v) is 5.29. The van der Waals surface area contributed by atoms with Crippen LogP contribution in [0.3, 0.4) is 0 Å². The van der Waals surface area contributed by atoms with Crippen LogP contribution in [-0.2, 0) is 0 Å². The summed E-state index contributed by atoms with van der Waals surface area (Å²) in [4.78, 5) is 0. The van der Waals surface area contributed by atoms with Gasteiger partial charge in [0.1, 0.15) is 0 Å². The molecule has 0 aromatic carbocycles. The lowest BCUT2D eigenvalue weighted by Crippen LogP contribution is -2.39. The van der Waals surface area contributed by atoms with Gasteiger partial charge in [0, 0.05) is 0 Å². The van der Waals surface area contributed by atoms with E-state index in [2.05, 4.69) is 27.7 Å². The smallest absolute Gasteiger partial charge is 0.0615 e. The van der Waals surface area contributed by atoms with E-state index in [1.54, 1.807) is 0 Å². The van der Waals surface area contributed by atoms with Gasteiger partial charge in [-0.2, -0.15) is 0 Å². The molecule has 2 N–H and O–H groups in total. The Morgan fingerprint density at radius 3 is 2.00 bits per heavy atom. The zero-order chi connectivity index (χ0) is 11.0. The third-order valence-electron chi connectivity index (χ3n) is 3.25. The Morgan fingerprint density at radius 1 is 1.21 bits per heavy atom. The highest BCUT2D eigenvalue weighted by molar-refractivity contribution is 5.23. The fourth-order valence-electron chi connectivity index (χ4n) is 3.03. The third-order valence-corrected chi connectivity index (χ3v) is 3.25. The summed E-state index contributed by atoms with van der Waals surface area (Å²) in [6.45, 7) is 8.65. The van der Waals surface area contributed by atoms with Gasteiger partial charge in [-0.15, -0.1) is 0 Å². The van der Waals surface area contributed by atoms with E-state index < -0.39 is 0 Å². The van der Waals surface area contributed by atoms with Crippen LogP contribution in [0.2, 0.25) is 0 Å². The molecular weight excluding hydrogens is 176 g/mol. The minimum absolute atomic E-state index is 0.00387. The van der Waals surface area contributed by atoms with Gasteiger partial charge in [-0.25, -0.2) is 0 Å². The van der Waals surface area contributed by atoms with Crippen LogP contribution < -0.4 is 0 Å². The monoisotopic (exact) mass is 198 g/mol. The van der Waals surface area contributed by atoms with Crippen molar-refractivity contribution in [2.24, 2.45) is 10.8 Å². The van der Waals surface area contributed by atoms with E-state index in [1.807, 2.05) is 6.08 Å². The summed E-state index contributed by atoms with van der Waals surface area (Å²) in [5, 5.41) is 18.8. The molecule has 0 heterocycles. The Morgan fingerprint density at radius 2 is 1.64 bits per heavy atom. The van der Waals surface area contributed by atoms with Gasteiger partial charge >= 0.3 is 0 Å². The molecule has 0 aromatic heterocycles. The van der Waals surface area contributed by atoms with Crippen LogP contribution in [0.25, 0.3) is 0 Å². The molecule has 2 heteroatoms. The van der Waals surface area contributed by atoms with Crippen LogP contribution in [-0.4, -0.2) is 22.9 Å². The second-order valence-electron chi connectivity index (χ2n) is 5.63. The Labute approximate surface area is 86.6 Å². The van der Waals surface area contributed by atoms with Crippen molar-refractivity contribution in [1.29, 1.82) is 0 Å². The average Bonchev–Trinajstić information content (AvgIpc) is 1.94. The molecule has 0 aromatic rings. The lowest BCUT2D eigenvalue weighted by atomic mass is 9.60. The van der Waals surface area contributed by atoms with Gasteiger partial charge < -0.3 is 10.2 Å². The molecule has 0 unspecified atom stereocenters. The van der Waals surface area contributed by atoms with Gasteiger partial charge in [0.15, 0.2) is 0 Å². The molecule has 0 radical (unpaired) electrons. The van der Waals surface area contributed by atoms with Crippen molar-refractivity contribution in [3.05, 3.63) is 11.6 Å². The molecule has 1 aliphatic rings. The molecule has 0 aliphatic heterocycles. The zero-order valence-corrected chi connectivity index (χ0v) is 9.67. The molecule has 1 aliphatic carbocycles. The number of allylic oxidation sites excluding steroid dienone is 1. The second kappa shape index (κ2) is 3.67. The summed E-state index contributed by atoms with van der Waals surface area (Å²) in [6.07, 6.45) is 3.28. The number of aliphatic hydroxyl groups is 2. The molecule has 1 fully saturated rings. The molecule has 0 amide bonds. The van der Waals surface area contributed by atoms with Gasteiger partial charge in [0.2, 0.25) is 0 Å². The summed E-state index contributed by atoms with van der Waals surface area (Å²) in [6, 6.07) is 0. The summed E-state index contributed by atoms with van der Waals surface area (Å²) in [5.41, 5.74) is 1.28. The Balaban J connectivity index is 3.03. The van der Waals surface area contributed by atoms with Crippen molar-refractivity contribution < 1.29 is 10.2 Å². The van der Waals surface area contributed by atoms with Crippen molar-refractivity contribution in [3.8, 4) is 0 Å². The average molecular weight is 198 g/mol. The minimum atomic E-state index is -0.212. The second-order valence-corrected chi connectivity index (χ2v) is 5.63. The molecule has 0 spiro atoms. The molecule has 1 saturated carbocycles. The van der Waals surface area contributed by atoms with E-state index in [0.29, 0.717) is 0 Å². The Hall–Kier alpha value is -0.340. The molecule has 0 atom stereocenters. The fraction of sp³-hybridized carbons (Fsp3) is 0.833. The highest BCUT2D eigenvalue weighted by Gasteiger charge is 2.41. The van der Waals surface area contributed by atoms with Crippen LogP contribution in [0.5, 0.6) is 0 Å². The minimum Gasteiger partial charge on any atom is -0.393 e. The first kappa shape index (κ1) is 11.7. The van der Waals surface area contributed by atoms with Crippen molar-refractivity contribution in [3.63, 3.8) is 0 Å². The van der Waals surface area contributed by atoms with E-state index in [9.17, 15) is 5.11 Å². The van der Waals surface area contributed by atoms with Crippen molar-refractivity contribution in [1.82, 2.24) is 0 Å². The normalized spacial score (nSPS) is 30.1. The van der Waals surface area contributed by atoms with Crippen LogP contribution >= 0.6 is 0 Å². The quantitative estimate of drug-likeness (QED) is 0.634. The SMILES string of the molecule is CC1(C)CC(O)CC(C)(C)C1=CCO. The largest absolute Gasteiger partial charge is 0.393 e. The third kappa shape index (κ3) is 2.18. The predicted molar refractivity (Wildman–Crippen MR) is 58.0 cm³/mol. The van der Waals surface area contributed by atoms with Gasteiger partial charge in [0.25, 0.3) is 0 Å². The summed E-state index contributed by atoms with van der Waals surface area (Å²) in [7, 11) is 0. The van der Waals surface area contributed by atoms with E-state index in [0.717, 1.165) is 12.8 Å². The van der Waals surface area contributed by atoms with Crippen molar-refractivity contribution >= 4 is 0 Å². The highest BCUT2D eigenvalue weighted by Crippen LogP contribution is 2.50. The lowest BCUT2D eigenvalue weighted by Gasteiger charge is -2.46. The molecule has 1 rings (SSSR count). The molecule has 2 nitrogen and oxygen atoms in total. The van der Waals surface area contributed by atoms with E-state index >= 15 is 0 Å². The van der Waals surface area contributed by atoms with Crippen molar-refractivity contribution in [2.45, 2.75) is 46.6 Å². The number of rotatable bonds is 1. The van der Waals surface area contributed by atoms with Crippen molar-refractivity contribution in [2.75, 3.05) is 6.61 Å². The summed E-state index contributed by atoms with van der Waals surface area (Å²) < 4.78 is 0. The van der Waals surface area contributed by atoms with Crippen LogP contribution in [0.15, 0.2) is 11.6 Å². The van der Waals surface area contributed by atoms with E-state index in [1.165, 1.54) is 5.57 Å². The topological polar surface area (TPSA) is 40.5 Å². The van der Waals surface area contributed by atoms with Crippen LogP contribution in [0, 0.1) is 10.8 Å². The lowest BCUT2D eigenvalue weighted by molar-refractivity contribution is 0.0458. The molecule has 14 heavy (non-hydrogen) atoms. The molecule has 0 saturated heterocycles. The summed E-state index contributed by atoms with van der Waals surface area (Å²) >= 11 is 0. The number of hydrogen-bond acceptors (Lipinski definition) is 2. The zero-order valence-electron chi connectivity index (χ0n) is 9.67. The molecule has 0 bridgehead atoms. The standard InChI is InChI=1S/C12H22O2/c1-11(2)7-9(14)8-12(3,4)10(11)5-6-13/h5,9,13-14H,6-8H2,1-4H3. The maximum atomic E-state index is 9.78. The Bertz CT molecular complexity index is 219. The fourth-order valence-corrected chi connectivity index (χ4v) is 3.03. The molecule has 82 valence electrons. The van der Waals surface area contributed by atoms with Gasteiger partial charge in [-0.3, -0.25) is 0 Å². The maximum absolute atomic E-state index is 9.78. The Kier molecular flexibility index (Phi) is 3.07. The first-order valence-electron chi connectivity index (χ1n) is 5.29. The summed E-state index contributed by atoms with van der Waals surface area (Å²) in [5.74, 6) is 0. The van der Waals surface area contributed by atoms with Crippen LogP contribution in [0.4, 0.5) is 0 Å². The highest BCUT2D eigenvalue weighted by atomic mass is 16.3. The number of aliphatic hydroxyl groups excluding tert-OH is 2. The maximum Gasteiger partial charge on any atom is 0.0615 e. The predicted octanol–water partition coefficient (Wildman–Crippen LogP) is 2.11. The van der Waals surface area contributed by atoms with E-state index in [4.69, 9.17) is 5.11 Å². The first-order chi connectivity index (χ1) is 6.29. The van der Waals surface area contributed by atoms with Crippen LogP contribution in [0.1, 0.15) is 40.5 Å². The number of hydrogen-bond donors (Lipinski definition) is 2.